The average Bonchev–Trinajstić information content (AvgIpc) is 3.08. The van der Waals surface area contributed by atoms with Crippen LogP contribution in [0, 0.1) is 15.9 Å². The number of nitro benzene ring substituents is 1. The predicted molar refractivity (Wildman–Crippen MR) is 58.5 cm³/mol. The molecule has 1 aliphatic rings. The van der Waals surface area contributed by atoms with E-state index in [1.807, 2.05) is 0 Å². The van der Waals surface area contributed by atoms with Gasteiger partial charge in [0.1, 0.15) is 16.9 Å². The quantitative estimate of drug-likeness (QED) is 0.528. The van der Waals surface area contributed by atoms with E-state index in [2.05, 4.69) is 0 Å². The molecule has 5 nitrogen and oxygen atoms in total. The fourth-order valence-electron chi connectivity index (χ4n) is 1.74. The summed E-state index contributed by atoms with van der Waals surface area (Å²) in [4.78, 5) is 21.5. The number of nitro groups is 1. The molecule has 1 amide bonds. The number of nitrogens with zero attached hydrogens (tertiary/aromatic N) is 1. The zero-order valence-corrected chi connectivity index (χ0v) is 9.83. The normalized spacial score (nSPS) is 16.6. The molecule has 2 rings (SSSR count). The van der Waals surface area contributed by atoms with E-state index in [1.54, 1.807) is 5.32 Å². The second-order valence-corrected chi connectivity index (χ2v) is 4.45. The van der Waals surface area contributed by atoms with E-state index < -0.39 is 39.6 Å². The molecule has 0 spiro atoms. The summed E-state index contributed by atoms with van der Waals surface area (Å²) in [5.41, 5.74) is -3.84. The monoisotopic (exact) mass is 292 g/mol. The Bertz CT molecular complexity index is 582. The lowest BCUT2D eigenvalue weighted by molar-refractivity contribution is -0.385. The lowest BCUT2D eigenvalue weighted by Gasteiger charge is -2.20. The first kappa shape index (κ1) is 14.2. The number of benzene rings is 1. The molecule has 20 heavy (non-hydrogen) atoms. The van der Waals surface area contributed by atoms with E-state index in [4.69, 9.17) is 0 Å². The summed E-state index contributed by atoms with van der Waals surface area (Å²) in [6.45, 7) is 0. The zero-order valence-electron chi connectivity index (χ0n) is 9.83. The number of nitrogens with one attached hydrogen (secondary N) is 1. The maximum absolute atomic E-state index is 13.0. The second-order valence-electron chi connectivity index (χ2n) is 4.45. The van der Waals surface area contributed by atoms with Crippen LogP contribution in [-0.2, 0) is 0 Å². The van der Waals surface area contributed by atoms with Crippen LogP contribution in [0.2, 0.25) is 0 Å². The molecule has 1 saturated carbocycles. The van der Waals surface area contributed by atoms with Gasteiger partial charge in [0.05, 0.1) is 4.92 Å². The fourth-order valence-corrected chi connectivity index (χ4v) is 1.74. The highest BCUT2D eigenvalue weighted by Gasteiger charge is 2.64. The molecule has 108 valence electrons. The summed E-state index contributed by atoms with van der Waals surface area (Å²) in [6, 6.07) is 2.03. The molecule has 1 aliphatic carbocycles. The van der Waals surface area contributed by atoms with Crippen molar-refractivity contribution in [3.63, 3.8) is 0 Å². The molecule has 1 fully saturated rings. The molecule has 0 radical (unpaired) electrons. The van der Waals surface area contributed by atoms with Crippen LogP contribution in [0.3, 0.4) is 0 Å². The van der Waals surface area contributed by atoms with Gasteiger partial charge in [-0.25, -0.2) is 4.39 Å². The van der Waals surface area contributed by atoms with Crippen molar-refractivity contribution in [3.05, 3.63) is 39.7 Å². The van der Waals surface area contributed by atoms with E-state index in [9.17, 15) is 32.5 Å². The number of hydrogen-bond acceptors (Lipinski definition) is 3. The van der Waals surface area contributed by atoms with Crippen LogP contribution in [0.15, 0.2) is 18.2 Å². The summed E-state index contributed by atoms with van der Waals surface area (Å²) in [6.07, 6.45) is -5.25. The Morgan fingerprint density at radius 3 is 2.40 bits per heavy atom. The summed E-state index contributed by atoms with van der Waals surface area (Å²) in [7, 11) is 0. The number of hydrogen-bond donors (Lipinski definition) is 1. The predicted octanol–water partition coefficient (Wildman–Crippen LogP) is 2.56. The van der Waals surface area contributed by atoms with Gasteiger partial charge in [0, 0.05) is 6.07 Å². The smallest absolute Gasteiger partial charge is 0.338 e. The van der Waals surface area contributed by atoms with Gasteiger partial charge in [0.25, 0.3) is 11.6 Å². The van der Waals surface area contributed by atoms with Gasteiger partial charge in [-0.2, -0.15) is 13.2 Å². The fraction of sp³-hybridized carbons (Fsp3) is 0.364. The lowest BCUT2D eigenvalue weighted by atomic mass is 10.1. The van der Waals surface area contributed by atoms with Gasteiger partial charge in [-0.1, -0.05) is 0 Å². The largest absolute Gasteiger partial charge is 0.411 e. The minimum atomic E-state index is -4.65. The third-order valence-electron chi connectivity index (χ3n) is 3.05. The molecule has 0 unspecified atom stereocenters. The van der Waals surface area contributed by atoms with Crippen molar-refractivity contribution < 1.29 is 27.3 Å². The number of carbonyl (C=O) groups excluding carboxylic acids is 1. The van der Waals surface area contributed by atoms with Crippen molar-refractivity contribution in [3.8, 4) is 0 Å². The number of amides is 1. The summed E-state index contributed by atoms with van der Waals surface area (Å²) >= 11 is 0. The molecule has 0 atom stereocenters. The highest BCUT2D eigenvalue weighted by molar-refractivity contribution is 5.98. The van der Waals surface area contributed by atoms with Gasteiger partial charge in [-0.3, -0.25) is 14.9 Å². The molecule has 0 aromatic heterocycles. The zero-order chi connectivity index (χ0) is 15.1. The molecular formula is C11H8F4N2O3. The van der Waals surface area contributed by atoms with Crippen molar-refractivity contribution >= 4 is 11.6 Å². The highest BCUT2D eigenvalue weighted by Crippen LogP contribution is 2.49. The first-order valence-electron chi connectivity index (χ1n) is 5.49. The van der Waals surface area contributed by atoms with Crippen molar-refractivity contribution in [2.45, 2.75) is 24.6 Å². The Hall–Kier alpha value is -2.19. The van der Waals surface area contributed by atoms with Gasteiger partial charge in [0.15, 0.2) is 0 Å². The molecule has 1 aromatic rings. The maximum atomic E-state index is 13.0. The van der Waals surface area contributed by atoms with Gasteiger partial charge in [0.2, 0.25) is 0 Å². The number of halogens is 4. The molecule has 1 aromatic carbocycles. The third kappa shape index (κ3) is 2.43. The van der Waals surface area contributed by atoms with Crippen LogP contribution in [0.5, 0.6) is 0 Å². The molecule has 0 saturated heterocycles. The first-order valence-corrected chi connectivity index (χ1v) is 5.49. The van der Waals surface area contributed by atoms with Crippen LogP contribution in [0.1, 0.15) is 23.2 Å². The summed E-state index contributed by atoms with van der Waals surface area (Å²) in [5, 5.41) is 12.4. The van der Waals surface area contributed by atoms with E-state index >= 15 is 0 Å². The van der Waals surface area contributed by atoms with Gasteiger partial charge in [-0.05, 0) is 25.0 Å². The van der Waals surface area contributed by atoms with Crippen molar-refractivity contribution in [2.75, 3.05) is 0 Å². The van der Waals surface area contributed by atoms with Gasteiger partial charge < -0.3 is 5.32 Å². The SMILES string of the molecule is O=C(NC1(C(F)(F)F)CC1)c1cc(F)ccc1[N+](=O)[O-]. The van der Waals surface area contributed by atoms with Crippen LogP contribution in [0.25, 0.3) is 0 Å². The van der Waals surface area contributed by atoms with Crippen molar-refractivity contribution in [1.82, 2.24) is 5.32 Å². The topological polar surface area (TPSA) is 72.2 Å². The summed E-state index contributed by atoms with van der Waals surface area (Å²) in [5.74, 6) is -2.26. The Morgan fingerprint density at radius 1 is 1.35 bits per heavy atom. The minimum absolute atomic E-state index is 0.300. The van der Waals surface area contributed by atoms with Gasteiger partial charge >= 0.3 is 6.18 Å². The average molecular weight is 292 g/mol. The molecule has 0 heterocycles. The van der Waals surface area contributed by atoms with Gasteiger partial charge in [-0.15, -0.1) is 0 Å². The molecular weight excluding hydrogens is 284 g/mol. The van der Waals surface area contributed by atoms with Crippen molar-refractivity contribution in [1.29, 1.82) is 0 Å². The lowest BCUT2D eigenvalue weighted by Crippen LogP contribution is -2.48. The Morgan fingerprint density at radius 2 is 1.95 bits per heavy atom. The number of rotatable bonds is 3. The van der Waals surface area contributed by atoms with E-state index in [0.29, 0.717) is 6.07 Å². The Labute approximate surface area is 109 Å². The van der Waals surface area contributed by atoms with Crippen LogP contribution < -0.4 is 5.32 Å². The molecule has 1 N–H and O–H groups in total. The maximum Gasteiger partial charge on any atom is 0.411 e. The van der Waals surface area contributed by atoms with Crippen LogP contribution in [-0.4, -0.2) is 22.5 Å². The van der Waals surface area contributed by atoms with Crippen LogP contribution in [0.4, 0.5) is 23.2 Å². The Balaban J connectivity index is 2.31. The summed E-state index contributed by atoms with van der Waals surface area (Å²) < 4.78 is 51.1. The number of alkyl halides is 3. The minimum Gasteiger partial charge on any atom is -0.338 e. The van der Waals surface area contributed by atoms with E-state index in [0.717, 1.165) is 12.1 Å². The molecule has 9 heteroatoms. The first-order chi connectivity index (χ1) is 9.16. The van der Waals surface area contributed by atoms with E-state index in [1.165, 1.54) is 0 Å². The second kappa shape index (κ2) is 4.43. The standard InChI is InChI=1S/C11H8F4N2O3/c12-6-1-2-8(17(19)20)7(5-6)9(18)16-10(3-4-10)11(13,14)15/h1-2,5H,3-4H2,(H,16,18). The number of carbonyl (C=O) groups is 1. The Kier molecular flexibility index (Phi) is 3.15. The van der Waals surface area contributed by atoms with Crippen LogP contribution >= 0.6 is 0 Å². The third-order valence-corrected chi connectivity index (χ3v) is 3.05. The molecule has 0 bridgehead atoms. The molecule has 0 aliphatic heterocycles. The van der Waals surface area contributed by atoms with Crippen molar-refractivity contribution in [2.24, 2.45) is 0 Å². The van der Waals surface area contributed by atoms with E-state index in [-0.39, 0.29) is 12.8 Å². The highest BCUT2D eigenvalue weighted by atomic mass is 19.4.